The third-order valence-electron chi connectivity index (χ3n) is 1.86. The number of carboxylic acid groups (broad SMARTS) is 1. The Morgan fingerprint density at radius 1 is 1.57 bits per heavy atom. The van der Waals surface area contributed by atoms with Crippen LogP contribution in [-0.4, -0.2) is 11.1 Å². The van der Waals surface area contributed by atoms with E-state index >= 15 is 0 Å². The molecule has 1 aromatic carbocycles. The average molecular weight is 259 g/mol. The van der Waals surface area contributed by atoms with Gasteiger partial charge in [-0.15, -0.1) is 0 Å². The lowest BCUT2D eigenvalue weighted by atomic mass is 10.1. The Balaban J connectivity index is 2.88. The van der Waals surface area contributed by atoms with E-state index in [-0.39, 0.29) is 10.9 Å². The topological polar surface area (TPSA) is 50.4 Å². The standard InChI is InChI=1S/C9H4BrFO3/c10-6-3-5(9(12)13)7(11)4-1-2-14-8(4)6/h1-3H,(H,12,13). The second-order valence-electron chi connectivity index (χ2n) is 2.69. The Hall–Kier alpha value is -1.36. The van der Waals surface area contributed by atoms with Crippen LogP contribution in [0.15, 0.2) is 27.3 Å². The molecule has 0 spiro atoms. The first-order chi connectivity index (χ1) is 6.61. The number of halogens is 2. The Labute approximate surface area is 86.3 Å². The Morgan fingerprint density at radius 2 is 2.29 bits per heavy atom. The largest absolute Gasteiger partial charge is 0.478 e. The molecule has 5 heteroatoms. The quantitative estimate of drug-likeness (QED) is 0.856. The molecule has 2 rings (SSSR count). The normalized spacial score (nSPS) is 10.7. The summed E-state index contributed by atoms with van der Waals surface area (Å²) in [6, 6.07) is 2.57. The summed E-state index contributed by atoms with van der Waals surface area (Å²) in [4.78, 5) is 10.6. The number of benzene rings is 1. The number of carboxylic acids is 1. The van der Waals surface area contributed by atoms with Gasteiger partial charge in [0.1, 0.15) is 5.82 Å². The minimum absolute atomic E-state index is 0.164. The van der Waals surface area contributed by atoms with Crippen molar-refractivity contribution in [3.8, 4) is 0 Å². The van der Waals surface area contributed by atoms with Gasteiger partial charge in [-0.05, 0) is 28.1 Å². The highest BCUT2D eigenvalue weighted by atomic mass is 79.9. The van der Waals surface area contributed by atoms with Gasteiger partial charge in [-0.3, -0.25) is 0 Å². The van der Waals surface area contributed by atoms with Gasteiger partial charge in [0.05, 0.1) is 21.7 Å². The fraction of sp³-hybridized carbons (Fsp3) is 0. The van der Waals surface area contributed by atoms with E-state index in [1.807, 2.05) is 0 Å². The summed E-state index contributed by atoms with van der Waals surface area (Å²) in [5.74, 6) is -2.07. The smallest absolute Gasteiger partial charge is 0.338 e. The summed E-state index contributed by atoms with van der Waals surface area (Å²) >= 11 is 3.11. The monoisotopic (exact) mass is 258 g/mol. The van der Waals surface area contributed by atoms with Gasteiger partial charge in [0, 0.05) is 0 Å². The van der Waals surface area contributed by atoms with E-state index < -0.39 is 11.8 Å². The van der Waals surface area contributed by atoms with Gasteiger partial charge in [-0.2, -0.15) is 0 Å². The molecule has 0 fully saturated rings. The van der Waals surface area contributed by atoms with Crippen LogP contribution >= 0.6 is 15.9 Å². The van der Waals surface area contributed by atoms with Gasteiger partial charge in [0.15, 0.2) is 5.58 Å². The molecule has 0 saturated heterocycles. The second kappa shape index (κ2) is 3.09. The van der Waals surface area contributed by atoms with Crippen LogP contribution in [0.1, 0.15) is 10.4 Å². The van der Waals surface area contributed by atoms with Gasteiger partial charge >= 0.3 is 5.97 Å². The van der Waals surface area contributed by atoms with E-state index in [9.17, 15) is 9.18 Å². The van der Waals surface area contributed by atoms with Gasteiger partial charge in [0.2, 0.25) is 0 Å². The van der Waals surface area contributed by atoms with Crippen molar-refractivity contribution < 1.29 is 18.7 Å². The zero-order valence-corrected chi connectivity index (χ0v) is 8.34. The number of furan rings is 1. The first-order valence-electron chi connectivity index (χ1n) is 3.69. The number of hydrogen-bond acceptors (Lipinski definition) is 2. The molecule has 0 aliphatic carbocycles. The summed E-state index contributed by atoms with van der Waals surface area (Å²) in [6.45, 7) is 0. The van der Waals surface area contributed by atoms with Crippen molar-refractivity contribution in [2.75, 3.05) is 0 Å². The van der Waals surface area contributed by atoms with Crippen LogP contribution in [0.25, 0.3) is 11.0 Å². The van der Waals surface area contributed by atoms with Crippen LogP contribution in [0.4, 0.5) is 4.39 Å². The summed E-state index contributed by atoms with van der Waals surface area (Å²) < 4.78 is 18.9. The lowest BCUT2D eigenvalue weighted by Gasteiger charge is -1.99. The molecular weight excluding hydrogens is 255 g/mol. The second-order valence-corrected chi connectivity index (χ2v) is 3.54. The van der Waals surface area contributed by atoms with Crippen LogP contribution in [0.2, 0.25) is 0 Å². The van der Waals surface area contributed by atoms with Gasteiger partial charge in [-0.25, -0.2) is 9.18 Å². The Kier molecular flexibility index (Phi) is 2.03. The van der Waals surface area contributed by atoms with E-state index in [4.69, 9.17) is 9.52 Å². The molecule has 0 unspecified atom stereocenters. The van der Waals surface area contributed by atoms with E-state index in [1.54, 1.807) is 0 Å². The molecule has 0 radical (unpaired) electrons. The van der Waals surface area contributed by atoms with E-state index in [2.05, 4.69) is 15.9 Å². The summed E-state index contributed by atoms with van der Waals surface area (Å²) in [6.07, 6.45) is 1.31. The lowest BCUT2D eigenvalue weighted by Crippen LogP contribution is -2.00. The van der Waals surface area contributed by atoms with E-state index in [0.717, 1.165) is 0 Å². The molecule has 1 N–H and O–H groups in total. The summed E-state index contributed by atoms with van der Waals surface area (Å²) in [7, 11) is 0. The van der Waals surface area contributed by atoms with Crippen LogP contribution < -0.4 is 0 Å². The first-order valence-corrected chi connectivity index (χ1v) is 4.49. The fourth-order valence-corrected chi connectivity index (χ4v) is 1.76. The summed E-state index contributed by atoms with van der Waals surface area (Å²) in [5, 5.41) is 8.86. The molecule has 72 valence electrons. The molecule has 14 heavy (non-hydrogen) atoms. The minimum atomic E-state index is -1.30. The average Bonchev–Trinajstić information content (AvgIpc) is 2.59. The molecule has 0 saturated carbocycles. The molecule has 0 aliphatic heterocycles. The molecular formula is C9H4BrFO3. The predicted molar refractivity (Wildman–Crippen MR) is 50.8 cm³/mol. The molecule has 1 heterocycles. The Morgan fingerprint density at radius 3 is 2.93 bits per heavy atom. The van der Waals surface area contributed by atoms with Crippen molar-refractivity contribution in [1.29, 1.82) is 0 Å². The maximum Gasteiger partial charge on any atom is 0.338 e. The van der Waals surface area contributed by atoms with E-state index in [0.29, 0.717) is 10.1 Å². The molecule has 0 atom stereocenters. The maximum absolute atomic E-state index is 13.5. The van der Waals surface area contributed by atoms with Crippen LogP contribution in [0.3, 0.4) is 0 Å². The molecule has 0 bridgehead atoms. The van der Waals surface area contributed by atoms with Crippen molar-refractivity contribution in [3.63, 3.8) is 0 Å². The summed E-state index contributed by atoms with van der Waals surface area (Å²) in [5.41, 5.74) is -0.0572. The molecule has 0 amide bonds. The van der Waals surface area contributed by atoms with Crippen molar-refractivity contribution in [1.82, 2.24) is 0 Å². The van der Waals surface area contributed by atoms with Crippen molar-refractivity contribution >= 4 is 32.9 Å². The van der Waals surface area contributed by atoms with Crippen LogP contribution in [0, 0.1) is 5.82 Å². The van der Waals surface area contributed by atoms with Crippen molar-refractivity contribution in [2.45, 2.75) is 0 Å². The fourth-order valence-electron chi connectivity index (χ4n) is 1.22. The molecule has 1 aromatic heterocycles. The molecule has 0 aliphatic rings. The molecule has 2 aromatic rings. The first kappa shape index (κ1) is 9.21. The minimum Gasteiger partial charge on any atom is -0.478 e. The highest BCUT2D eigenvalue weighted by molar-refractivity contribution is 9.10. The zero-order valence-electron chi connectivity index (χ0n) is 6.75. The highest BCUT2D eigenvalue weighted by Crippen LogP contribution is 2.29. The van der Waals surface area contributed by atoms with E-state index in [1.165, 1.54) is 18.4 Å². The van der Waals surface area contributed by atoms with Gasteiger partial charge < -0.3 is 9.52 Å². The predicted octanol–water partition coefficient (Wildman–Crippen LogP) is 3.03. The number of fused-ring (bicyclic) bond motifs is 1. The molecule has 3 nitrogen and oxygen atoms in total. The lowest BCUT2D eigenvalue weighted by molar-refractivity contribution is 0.0692. The van der Waals surface area contributed by atoms with Gasteiger partial charge in [0.25, 0.3) is 0 Å². The third-order valence-corrected chi connectivity index (χ3v) is 2.45. The van der Waals surface area contributed by atoms with Gasteiger partial charge in [-0.1, -0.05) is 0 Å². The number of rotatable bonds is 1. The van der Waals surface area contributed by atoms with Crippen LogP contribution in [-0.2, 0) is 0 Å². The van der Waals surface area contributed by atoms with Crippen LogP contribution in [0.5, 0.6) is 0 Å². The Bertz CT molecular complexity index is 518. The maximum atomic E-state index is 13.5. The SMILES string of the molecule is O=C(O)c1cc(Br)c2occc2c1F. The number of aromatic carboxylic acids is 1. The zero-order chi connectivity index (χ0) is 10.3. The number of hydrogen-bond donors (Lipinski definition) is 1. The highest BCUT2D eigenvalue weighted by Gasteiger charge is 2.17. The van der Waals surface area contributed by atoms with Crippen molar-refractivity contribution in [3.05, 3.63) is 34.2 Å². The van der Waals surface area contributed by atoms with Crippen molar-refractivity contribution in [2.24, 2.45) is 0 Å². The third kappa shape index (κ3) is 1.21. The number of carbonyl (C=O) groups is 1.